The van der Waals surface area contributed by atoms with Gasteiger partial charge < -0.3 is 10.1 Å². The molecule has 6 nitrogen and oxygen atoms in total. The number of hydrogen-bond donors (Lipinski definition) is 1. The molecule has 0 saturated heterocycles. The van der Waals surface area contributed by atoms with Gasteiger partial charge in [-0.05, 0) is 44.0 Å². The first-order chi connectivity index (χ1) is 9.92. The third-order valence-electron chi connectivity index (χ3n) is 2.51. The number of nitrogens with one attached hydrogen (secondary N) is 1. The predicted molar refractivity (Wildman–Crippen MR) is 87.3 cm³/mol. The Morgan fingerprint density at radius 3 is 2.62 bits per heavy atom. The van der Waals surface area contributed by atoms with Gasteiger partial charge in [-0.2, -0.15) is 0 Å². The molecular weight excluding hydrogens is 428 g/mol. The highest BCUT2D eigenvalue weighted by Gasteiger charge is 2.16. The topological polar surface area (TPSA) is 81.5 Å². The quantitative estimate of drug-likeness (QED) is 0.568. The van der Waals surface area contributed by atoms with Crippen LogP contribution in [0.1, 0.15) is 9.67 Å². The van der Waals surface area contributed by atoms with Crippen LogP contribution in [0.3, 0.4) is 0 Å². The van der Waals surface area contributed by atoms with E-state index in [9.17, 15) is 14.9 Å². The summed E-state index contributed by atoms with van der Waals surface area (Å²) in [5.74, 6) is -0.0919. The van der Waals surface area contributed by atoms with Crippen LogP contribution in [0, 0.1) is 10.1 Å². The molecule has 1 N–H and O–H groups in total. The molecule has 1 amide bonds. The van der Waals surface area contributed by atoms with Gasteiger partial charge in [0.05, 0.1) is 32.5 Å². The van der Waals surface area contributed by atoms with Gasteiger partial charge in [-0.1, -0.05) is 0 Å². The monoisotopic (exact) mass is 434 g/mol. The molecule has 0 radical (unpaired) electrons. The van der Waals surface area contributed by atoms with Crippen molar-refractivity contribution in [2.24, 2.45) is 0 Å². The van der Waals surface area contributed by atoms with Crippen molar-refractivity contribution in [3.05, 3.63) is 47.5 Å². The summed E-state index contributed by atoms with van der Waals surface area (Å²) in [5, 5.41) is 13.4. The van der Waals surface area contributed by atoms with Crippen LogP contribution in [0.25, 0.3) is 0 Å². The second kappa shape index (κ2) is 6.54. The third kappa shape index (κ3) is 3.60. The highest BCUT2D eigenvalue weighted by Crippen LogP contribution is 2.34. The van der Waals surface area contributed by atoms with E-state index in [0.29, 0.717) is 10.6 Å². The number of amides is 1. The van der Waals surface area contributed by atoms with Gasteiger partial charge >= 0.3 is 0 Å². The number of non-ortho nitro benzene ring substituents is 1. The molecular formula is C12H8Br2N2O4S. The second-order valence-electron chi connectivity index (χ2n) is 3.83. The Morgan fingerprint density at radius 1 is 1.38 bits per heavy atom. The summed E-state index contributed by atoms with van der Waals surface area (Å²) in [4.78, 5) is 22.8. The minimum absolute atomic E-state index is 0.105. The summed E-state index contributed by atoms with van der Waals surface area (Å²) in [5.41, 5.74) is 0.264. The molecule has 0 aliphatic carbocycles. The summed E-state index contributed by atoms with van der Waals surface area (Å²) in [6.07, 6.45) is 0. The van der Waals surface area contributed by atoms with Crippen molar-refractivity contribution in [1.82, 2.24) is 0 Å². The summed E-state index contributed by atoms with van der Waals surface area (Å²) >= 11 is 7.89. The summed E-state index contributed by atoms with van der Waals surface area (Å²) in [6.45, 7) is 0. The number of thiophene rings is 1. The van der Waals surface area contributed by atoms with Crippen molar-refractivity contribution < 1.29 is 14.5 Å². The minimum atomic E-state index is -0.526. The molecule has 0 unspecified atom stereocenters. The smallest absolute Gasteiger partial charge is 0.273 e. The lowest BCUT2D eigenvalue weighted by Crippen LogP contribution is -2.11. The maximum absolute atomic E-state index is 12.1. The van der Waals surface area contributed by atoms with E-state index < -0.39 is 4.92 Å². The van der Waals surface area contributed by atoms with Crippen molar-refractivity contribution in [3.63, 3.8) is 0 Å². The average molecular weight is 436 g/mol. The number of nitrogens with zero attached hydrogens (tertiary/aromatic N) is 1. The van der Waals surface area contributed by atoms with Crippen molar-refractivity contribution in [2.75, 3.05) is 12.4 Å². The van der Waals surface area contributed by atoms with Gasteiger partial charge in [-0.15, -0.1) is 11.3 Å². The molecule has 110 valence electrons. The minimum Gasteiger partial charge on any atom is -0.494 e. The molecule has 2 aromatic rings. The van der Waals surface area contributed by atoms with Gasteiger partial charge in [0.15, 0.2) is 0 Å². The lowest BCUT2D eigenvalue weighted by molar-refractivity contribution is -0.384. The highest BCUT2D eigenvalue weighted by atomic mass is 79.9. The van der Waals surface area contributed by atoms with E-state index in [1.807, 2.05) is 0 Å². The zero-order chi connectivity index (χ0) is 15.6. The number of benzene rings is 1. The molecule has 1 aromatic heterocycles. The first-order valence-electron chi connectivity index (χ1n) is 5.51. The standard InChI is InChI=1S/C12H8Br2N2O4S/c1-20-9-4-6(16(18)19)2-3-8(9)15-12(17)10-5-7(13)11(14)21-10/h2-5H,1H3,(H,15,17). The van der Waals surface area contributed by atoms with E-state index >= 15 is 0 Å². The summed E-state index contributed by atoms with van der Waals surface area (Å²) < 4.78 is 6.66. The number of halogens is 2. The lowest BCUT2D eigenvalue weighted by atomic mass is 10.2. The zero-order valence-corrected chi connectivity index (χ0v) is 14.5. The fraction of sp³-hybridized carbons (Fsp3) is 0.0833. The molecule has 0 fully saturated rings. The van der Waals surface area contributed by atoms with E-state index in [1.165, 1.54) is 36.6 Å². The van der Waals surface area contributed by atoms with Crippen molar-refractivity contribution in [2.45, 2.75) is 0 Å². The Labute approximate surface area is 140 Å². The van der Waals surface area contributed by atoms with Crippen molar-refractivity contribution in [3.8, 4) is 5.75 Å². The normalized spacial score (nSPS) is 10.2. The first-order valence-corrected chi connectivity index (χ1v) is 7.91. The molecule has 2 rings (SSSR count). The van der Waals surface area contributed by atoms with Crippen LogP contribution < -0.4 is 10.1 Å². The van der Waals surface area contributed by atoms with E-state index in [-0.39, 0.29) is 17.3 Å². The molecule has 0 bridgehead atoms. The number of nitro benzene ring substituents is 1. The molecule has 0 aliphatic heterocycles. The number of carbonyl (C=O) groups excluding carboxylic acids is 1. The van der Waals surface area contributed by atoms with Gasteiger partial charge in [-0.3, -0.25) is 14.9 Å². The van der Waals surface area contributed by atoms with E-state index in [1.54, 1.807) is 6.07 Å². The molecule has 9 heteroatoms. The SMILES string of the molecule is COc1cc([N+](=O)[O-])ccc1NC(=O)c1cc(Br)c(Br)s1. The lowest BCUT2D eigenvalue weighted by Gasteiger charge is -2.09. The van der Waals surface area contributed by atoms with Crippen LogP contribution in [0.2, 0.25) is 0 Å². The number of carbonyl (C=O) groups is 1. The zero-order valence-electron chi connectivity index (χ0n) is 10.6. The van der Waals surface area contributed by atoms with Gasteiger partial charge in [0, 0.05) is 10.5 Å². The molecule has 0 saturated carbocycles. The number of methoxy groups -OCH3 is 1. The molecule has 1 heterocycles. The predicted octanol–water partition coefficient (Wildman–Crippen LogP) is 4.44. The van der Waals surface area contributed by atoms with Crippen LogP contribution in [-0.2, 0) is 0 Å². The summed E-state index contributed by atoms with van der Waals surface area (Å²) in [7, 11) is 1.38. The van der Waals surface area contributed by atoms with Gasteiger partial charge in [-0.25, -0.2) is 0 Å². The fourth-order valence-corrected chi connectivity index (χ4v) is 3.47. The Balaban J connectivity index is 2.26. The van der Waals surface area contributed by atoms with Crippen LogP contribution in [0.4, 0.5) is 11.4 Å². The average Bonchev–Trinajstić information content (AvgIpc) is 2.79. The first kappa shape index (κ1) is 15.9. The van der Waals surface area contributed by atoms with Gasteiger partial charge in [0.1, 0.15) is 5.75 Å². The fourth-order valence-electron chi connectivity index (χ4n) is 1.54. The number of hydrogen-bond acceptors (Lipinski definition) is 5. The van der Waals surface area contributed by atoms with E-state index in [0.717, 1.165) is 8.26 Å². The number of ether oxygens (including phenoxy) is 1. The molecule has 0 aliphatic rings. The van der Waals surface area contributed by atoms with Gasteiger partial charge in [0.2, 0.25) is 0 Å². The maximum Gasteiger partial charge on any atom is 0.273 e. The Hall–Kier alpha value is -1.45. The van der Waals surface area contributed by atoms with Crippen LogP contribution in [0.15, 0.2) is 32.5 Å². The van der Waals surface area contributed by atoms with Crippen LogP contribution >= 0.6 is 43.2 Å². The van der Waals surface area contributed by atoms with Crippen LogP contribution in [0.5, 0.6) is 5.75 Å². The van der Waals surface area contributed by atoms with E-state index in [4.69, 9.17) is 4.74 Å². The Bertz CT molecular complexity index is 698. The molecule has 1 aromatic carbocycles. The number of anilines is 1. The molecule has 0 atom stereocenters. The van der Waals surface area contributed by atoms with Crippen molar-refractivity contribution >= 4 is 60.5 Å². The highest BCUT2D eigenvalue weighted by molar-refractivity contribution is 9.13. The Morgan fingerprint density at radius 2 is 2.10 bits per heavy atom. The maximum atomic E-state index is 12.1. The molecule has 21 heavy (non-hydrogen) atoms. The van der Waals surface area contributed by atoms with Gasteiger partial charge in [0.25, 0.3) is 11.6 Å². The largest absolute Gasteiger partial charge is 0.494 e. The van der Waals surface area contributed by atoms with Crippen LogP contribution in [-0.4, -0.2) is 17.9 Å². The third-order valence-corrected chi connectivity index (χ3v) is 5.77. The second-order valence-corrected chi connectivity index (χ2v) is 7.05. The summed E-state index contributed by atoms with van der Waals surface area (Å²) in [6, 6.07) is 5.68. The van der Waals surface area contributed by atoms with Crippen molar-refractivity contribution in [1.29, 1.82) is 0 Å². The Kier molecular flexibility index (Phi) is 4.96. The molecule has 0 spiro atoms. The number of rotatable bonds is 4. The van der Waals surface area contributed by atoms with E-state index in [2.05, 4.69) is 37.2 Å². The number of nitro groups is 1.